The molecular formula is C28H34F2N7O6PS. The van der Waals surface area contributed by atoms with Crippen molar-refractivity contribution < 1.29 is 37.2 Å². The summed E-state index contributed by atoms with van der Waals surface area (Å²) in [6, 6.07) is 11.5. The predicted molar refractivity (Wildman–Crippen MR) is 167 cm³/mol. The van der Waals surface area contributed by atoms with Crippen LogP contribution in [0.2, 0.25) is 0 Å². The van der Waals surface area contributed by atoms with Crippen molar-refractivity contribution in [2.75, 3.05) is 24.7 Å². The van der Waals surface area contributed by atoms with Crippen molar-refractivity contribution in [3.8, 4) is 5.75 Å². The van der Waals surface area contributed by atoms with Gasteiger partial charge in [-0.3, -0.25) is 9.36 Å². The van der Waals surface area contributed by atoms with E-state index in [0.717, 1.165) is 16.9 Å². The number of halogens is 2. The Morgan fingerprint density at radius 3 is 2.64 bits per heavy atom. The number of nitrogens with one attached hydrogen (secondary N) is 2. The molecule has 13 nitrogen and oxygen atoms in total. The van der Waals surface area contributed by atoms with Gasteiger partial charge in [0, 0.05) is 12.4 Å². The molecule has 0 saturated carbocycles. The maximum atomic E-state index is 16.5. The second-order valence-electron chi connectivity index (χ2n) is 11.0. The molecule has 4 aromatic rings. The molecule has 17 heteroatoms. The summed E-state index contributed by atoms with van der Waals surface area (Å²) in [5, 5.41) is 18.1. The Balaban J connectivity index is 1.45. The summed E-state index contributed by atoms with van der Waals surface area (Å²) in [6.07, 6.45) is -3.35. The zero-order valence-electron chi connectivity index (χ0n) is 25.1. The normalized spacial score (nSPS) is 25.4. The van der Waals surface area contributed by atoms with Gasteiger partial charge in [0.1, 0.15) is 18.4 Å². The largest absolute Gasteiger partial charge is 0.462 e. The number of hydrogen-bond acceptors (Lipinski definition) is 12. The number of nitrogens with zero attached hydrogens (tertiary/aromatic N) is 4. The van der Waals surface area contributed by atoms with Crippen molar-refractivity contribution in [2.45, 2.75) is 63.7 Å². The van der Waals surface area contributed by atoms with E-state index in [-0.39, 0.29) is 22.9 Å². The van der Waals surface area contributed by atoms with Crippen molar-refractivity contribution in [1.29, 1.82) is 0 Å². The third-order valence-corrected chi connectivity index (χ3v) is 9.58. The Morgan fingerprint density at radius 1 is 1.22 bits per heavy atom. The number of nitrogens with two attached hydrogens (primary N) is 1. The van der Waals surface area contributed by atoms with E-state index < -0.39 is 55.2 Å². The maximum absolute atomic E-state index is 16.5. The Bertz CT molecular complexity index is 1770. The number of fused-ring (bicyclic) bond motifs is 2. The van der Waals surface area contributed by atoms with Crippen LogP contribution in [-0.4, -0.2) is 74.0 Å². The zero-order chi connectivity index (χ0) is 32.7. The van der Waals surface area contributed by atoms with Gasteiger partial charge in [-0.25, -0.2) is 18.9 Å². The Labute approximate surface area is 262 Å². The van der Waals surface area contributed by atoms with Crippen LogP contribution in [0.3, 0.4) is 0 Å². The van der Waals surface area contributed by atoms with Crippen molar-refractivity contribution in [3.63, 3.8) is 0 Å². The highest BCUT2D eigenvalue weighted by molar-refractivity contribution is 8.09. The summed E-state index contributed by atoms with van der Waals surface area (Å²) in [5.74, 6) is -3.38. The van der Waals surface area contributed by atoms with Gasteiger partial charge < -0.3 is 34.7 Å². The molecule has 1 saturated heterocycles. The van der Waals surface area contributed by atoms with E-state index in [9.17, 15) is 9.90 Å². The van der Waals surface area contributed by atoms with Crippen LogP contribution < -0.4 is 20.7 Å². The van der Waals surface area contributed by atoms with Crippen LogP contribution in [0.1, 0.15) is 33.9 Å². The molecule has 0 spiro atoms. The third kappa shape index (κ3) is 6.44. The first-order chi connectivity index (χ1) is 21.2. The molecule has 1 unspecified atom stereocenters. The van der Waals surface area contributed by atoms with Gasteiger partial charge >= 0.3 is 12.6 Å². The molecule has 0 bridgehead atoms. The number of aliphatic hydroxyl groups excluding tert-OH is 1. The number of ether oxygens (including phenoxy) is 2. The molecule has 1 aliphatic rings. The van der Waals surface area contributed by atoms with Gasteiger partial charge in [0.25, 0.3) is 5.85 Å². The highest BCUT2D eigenvalue weighted by Gasteiger charge is 2.65. The fraction of sp³-hybridized carbons (Fsp3) is 0.429. The summed E-state index contributed by atoms with van der Waals surface area (Å²) in [6.45, 7) is 0.923. The summed E-state index contributed by atoms with van der Waals surface area (Å²) in [5.41, 5.74) is 3.36. The fourth-order valence-corrected chi connectivity index (χ4v) is 7.33. The molecule has 2 aromatic heterocycles. The maximum Gasteiger partial charge on any atom is 0.323 e. The quantitative estimate of drug-likeness (QED) is 0.133. The van der Waals surface area contributed by atoms with Gasteiger partial charge in [-0.15, -0.1) is 0 Å². The van der Waals surface area contributed by atoms with E-state index >= 15 is 8.78 Å². The van der Waals surface area contributed by atoms with E-state index in [1.165, 1.54) is 13.3 Å². The highest BCUT2D eigenvalue weighted by atomic mass is 32.5. The molecule has 0 radical (unpaired) electrons. The van der Waals surface area contributed by atoms with Crippen LogP contribution in [0.4, 0.5) is 20.5 Å². The van der Waals surface area contributed by atoms with Crippen LogP contribution in [0.5, 0.6) is 5.75 Å². The number of alkyl halides is 2. The van der Waals surface area contributed by atoms with Gasteiger partial charge in [-0.1, -0.05) is 36.4 Å². The number of carbonyl (C=O) groups excluding carboxylic acids is 1. The summed E-state index contributed by atoms with van der Waals surface area (Å²) in [7, 11) is 1.58. The molecule has 6 atom stereocenters. The highest BCUT2D eigenvalue weighted by Crippen LogP contribution is 2.52. The number of rotatable bonds is 11. The van der Waals surface area contributed by atoms with Crippen LogP contribution in [-0.2, 0) is 30.6 Å². The molecule has 3 heterocycles. The lowest BCUT2D eigenvalue weighted by Gasteiger charge is -2.30. The van der Waals surface area contributed by atoms with Crippen molar-refractivity contribution in [3.05, 3.63) is 48.8 Å². The van der Waals surface area contributed by atoms with Crippen LogP contribution >= 0.6 is 6.64 Å². The first-order valence-electron chi connectivity index (χ1n) is 14.0. The zero-order valence-corrected chi connectivity index (χ0v) is 26.8. The molecule has 2 aromatic carbocycles. The first-order valence-corrected chi connectivity index (χ1v) is 16.6. The molecule has 5 N–H and O–H groups in total. The minimum absolute atomic E-state index is 0.0432. The Morgan fingerprint density at radius 2 is 1.93 bits per heavy atom. The monoisotopic (exact) mass is 665 g/mol. The molecule has 1 fully saturated rings. The topological polar surface area (TPSA) is 168 Å². The average Bonchev–Trinajstić information content (AvgIpc) is 3.48. The van der Waals surface area contributed by atoms with E-state index in [1.54, 1.807) is 45.2 Å². The van der Waals surface area contributed by atoms with Gasteiger partial charge in [0.05, 0.1) is 12.4 Å². The fourth-order valence-electron chi connectivity index (χ4n) is 4.93. The molecule has 1 aliphatic heterocycles. The van der Waals surface area contributed by atoms with Crippen molar-refractivity contribution in [1.82, 2.24) is 24.6 Å². The van der Waals surface area contributed by atoms with Crippen molar-refractivity contribution >= 4 is 58.1 Å². The predicted octanol–water partition coefficient (Wildman–Crippen LogP) is 4.14. The van der Waals surface area contributed by atoms with Crippen molar-refractivity contribution in [2.24, 2.45) is 0 Å². The Kier molecular flexibility index (Phi) is 9.01. The SMILES string of the molecule is CNc1nc(N)nc2c1ncn2[C@@H]1O[C@](F)(COP(=S)(N[C@@H](C)C(=O)OC(C)C)Oc2cccc3ccccc23)[C@@H](O)[C@@]1(C)F. The number of aromatic nitrogens is 4. The molecule has 0 aliphatic carbocycles. The summed E-state index contributed by atoms with van der Waals surface area (Å²) >= 11 is 5.75. The number of benzene rings is 2. The minimum Gasteiger partial charge on any atom is -0.462 e. The van der Waals surface area contributed by atoms with E-state index in [1.807, 2.05) is 18.2 Å². The van der Waals surface area contributed by atoms with E-state index in [2.05, 4.69) is 25.4 Å². The number of anilines is 2. The first kappa shape index (κ1) is 32.9. The van der Waals surface area contributed by atoms with Gasteiger partial charge in [-0.05, 0) is 51.0 Å². The molecule has 242 valence electrons. The Hall–Kier alpha value is -3.53. The lowest BCUT2D eigenvalue weighted by atomic mass is 9.97. The van der Waals surface area contributed by atoms with Gasteiger partial charge in [-0.2, -0.15) is 9.97 Å². The number of hydrogen-bond donors (Lipinski definition) is 4. The third-order valence-electron chi connectivity index (χ3n) is 7.12. The number of nitrogen functional groups attached to an aromatic ring is 1. The number of aliphatic hydroxyl groups is 1. The van der Waals surface area contributed by atoms with E-state index in [0.29, 0.717) is 11.1 Å². The smallest absolute Gasteiger partial charge is 0.323 e. The minimum atomic E-state index is -3.83. The lowest BCUT2D eigenvalue weighted by molar-refractivity contribution is -0.202. The second kappa shape index (κ2) is 12.3. The van der Waals surface area contributed by atoms with Crippen LogP contribution in [0.15, 0.2) is 48.8 Å². The molecule has 5 rings (SSSR count). The standard InChI is InChI=1S/C28H34F2N7O6PS/c1-15(2)41-23(38)16(3)36-44(45,43-19-12-8-10-17-9-6-7-11-18(17)19)40-13-28(30)24(39)27(4,29)25(42-28)37-14-33-20-21(32-5)34-26(31)35-22(20)37/h6-12,14-16,24-25,39H,13H2,1-5H3,(H,36,45)(H3,31,32,34,35)/t16-,24-,25+,27+,28+,44?/m0/s1. The lowest BCUT2D eigenvalue weighted by Crippen LogP contribution is -2.47. The van der Waals surface area contributed by atoms with Crippen LogP contribution in [0.25, 0.3) is 21.9 Å². The van der Waals surface area contributed by atoms with Gasteiger partial charge in [0.2, 0.25) is 5.95 Å². The van der Waals surface area contributed by atoms with E-state index in [4.69, 9.17) is 36.1 Å². The number of carbonyl (C=O) groups is 1. The average molecular weight is 666 g/mol. The second-order valence-corrected chi connectivity index (χ2v) is 14.1. The van der Waals surface area contributed by atoms with Crippen LogP contribution in [0, 0.1) is 0 Å². The molecule has 45 heavy (non-hydrogen) atoms. The number of esters is 1. The summed E-state index contributed by atoms with van der Waals surface area (Å²) < 4.78 is 56.6. The molecular weight excluding hydrogens is 631 g/mol. The summed E-state index contributed by atoms with van der Waals surface area (Å²) in [4.78, 5) is 25.0. The number of imidazole rings is 1. The van der Waals surface area contributed by atoms with Gasteiger partial charge in [0.15, 0.2) is 35.0 Å². The molecule has 0 amide bonds.